The van der Waals surface area contributed by atoms with Crippen LogP contribution in [-0.4, -0.2) is 58.5 Å². The summed E-state index contributed by atoms with van der Waals surface area (Å²) in [5.41, 5.74) is 5.27. The van der Waals surface area contributed by atoms with Gasteiger partial charge < -0.3 is 10.2 Å². The largest absolute Gasteiger partial charge is 0.369 e. The van der Waals surface area contributed by atoms with Crippen molar-refractivity contribution in [3.63, 3.8) is 0 Å². The second-order valence-electron chi connectivity index (χ2n) is 7.93. The molecule has 0 unspecified atom stereocenters. The van der Waals surface area contributed by atoms with E-state index in [4.69, 9.17) is 0 Å². The van der Waals surface area contributed by atoms with Gasteiger partial charge in [-0.2, -0.15) is 4.31 Å². The van der Waals surface area contributed by atoms with E-state index in [9.17, 15) is 13.2 Å². The summed E-state index contributed by atoms with van der Waals surface area (Å²) in [6, 6.07) is 11.3. The maximum atomic E-state index is 13.2. The van der Waals surface area contributed by atoms with E-state index in [1.165, 1.54) is 16.8 Å². The molecule has 2 heterocycles. The van der Waals surface area contributed by atoms with E-state index in [0.717, 1.165) is 11.3 Å². The van der Waals surface area contributed by atoms with Gasteiger partial charge in [0.25, 0.3) is 0 Å². The molecule has 2 aromatic carbocycles. The van der Waals surface area contributed by atoms with Gasteiger partial charge in [0.2, 0.25) is 10.0 Å². The molecule has 0 radical (unpaired) electrons. The summed E-state index contributed by atoms with van der Waals surface area (Å²) in [6.07, 6.45) is 0.659. The fourth-order valence-corrected chi connectivity index (χ4v) is 5.74. The number of anilines is 2. The van der Waals surface area contributed by atoms with Gasteiger partial charge in [0.05, 0.1) is 4.90 Å². The maximum absolute atomic E-state index is 13.2. The molecule has 8 heteroatoms. The second-order valence-corrected chi connectivity index (χ2v) is 9.87. The molecule has 1 N–H and O–H groups in total. The zero-order chi connectivity index (χ0) is 21.5. The van der Waals surface area contributed by atoms with Gasteiger partial charge in [0, 0.05) is 51.1 Å². The highest BCUT2D eigenvalue weighted by atomic mass is 32.2. The van der Waals surface area contributed by atoms with Gasteiger partial charge in [-0.25, -0.2) is 13.2 Å². The van der Waals surface area contributed by atoms with Crippen molar-refractivity contribution in [2.45, 2.75) is 25.2 Å². The number of carbonyl (C=O) groups is 1. The summed E-state index contributed by atoms with van der Waals surface area (Å²) in [5, 5.41) is 2.63. The standard InChI is InChI=1S/C22H28N4O3S/c1-16-4-5-17(2)21(14-16)24-10-12-25(13-11-24)30(28,29)19-6-7-20-18(15-19)8-9-26(20)22(27)23-3/h4-7,14-15H,8-13H2,1-3H3,(H,23,27). The molecule has 2 aliphatic rings. The van der Waals surface area contributed by atoms with E-state index in [-0.39, 0.29) is 6.03 Å². The lowest BCUT2D eigenvalue weighted by atomic mass is 10.1. The fraction of sp³-hybridized carbons (Fsp3) is 0.409. The van der Waals surface area contributed by atoms with Crippen molar-refractivity contribution in [1.29, 1.82) is 0 Å². The monoisotopic (exact) mass is 428 g/mol. The number of nitrogens with one attached hydrogen (secondary N) is 1. The first-order chi connectivity index (χ1) is 14.3. The number of rotatable bonds is 3. The van der Waals surface area contributed by atoms with Gasteiger partial charge >= 0.3 is 6.03 Å². The molecule has 2 aromatic rings. The SMILES string of the molecule is CNC(=O)N1CCc2cc(S(=O)(=O)N3CCN(c4cc(C)ccc4C)CC3)ccc21. The van der Waals surface area contributed by atoms with Crippen molar-refractivity contribution >= 4 is 27.4 Å². The van der Waals surface area contributed by atoms with Crippen molar-refractivity contribution in [3.8, 4) is 0 Å². The van der Waals surface area contributed by atoms with Crippen LogP contribution in [0.2, 0.25) is 0 Å². The molecule has 30 heavy (non-hydrogen) atoms. The van der Waals surface area contributed by atoms with Crippen LogP contribution >= 0.6 is 0 Å². The molecule has 0 aromatic heterocycles. The number of hydrogen-bond donors (Lipinski definition) is 1. The van der Waals surface area contributed by atoms with E-state index in [1.807, 2.05) is 0 Å². The number of nitrogens with zero attached hydrogens (tertiary/aromatic N) is 3. The fourth-order valence-electron chi connectivity index (χ4n) is 4.26. The predicted octanol–water partition coefficient (Wildman–Crippen LogP) is 2.52. The van der Waals surface area contributed by atoms with Crippen LogP contribution in [-0.2, 0) is 16.4 Å². The van der Waals surface area contributed by atoms with E-state index in [1.54, 1.807) is 34.5 Å². The smallest absolute Gasteiger partial charge is 0.321 e. The van der Waals surface area contributed by atoms with Crippen LogP contribution in [0, 0.1) is 13.8 Å². The lowest BCUT2D eigenvalue weighted by molar-refractivity contribution is 0.248. The average molecular weight is 429 g/mol. The van der Waals surface area contributed by atoms with Gasteiger partial charge in [-0.3, -0.25) is 4.90 Å². The predicted molar refractivity (Wildman–Crippen MR) is 119 cm³/mol. The molecule has 7 nitrogen and oxygen atoms in total. The van der Waals surface area contributed by atoms with Crippen LogP contribution in [0.1, 0.15) is 16.7 Å². The minimum Gasteiger partial charge on any atom is -0.369 e. The third-order valence-electron chi connectivity index (χ3n) is 5.99. The van der Waals surface area contributed by atoms with Gasteiger partial charge in [-0.15, -0.1) is 0 Å². The first kappa shape index (κ1) is 20.7. The molecule has 1 saturated heterocycles. The van der Waals surface area contributed by atoms with Gasteiger partial charge in [-0.05, 0) is 61.2 Å². The molecule has 0 bridgehead atoms. The molecule has 0 spiro atoms. The Bertz CT molecular complexity index is 1080. The summed E-state index contributed by atoms with van der Waals surface area (Å²) in [5.74, 6) is 0. The van der Waals surface area contributed by atoms with Crippen molar-refractivity contribution in [3.05, 3.63) is 53.1 Å². The quantitative estimate of drug-likeness (QED) is 0.815. The van der Waals surface area contributed by atoms with Crippen molar-refractivity contribution in [2.24, 2.45) is 0 Å². The number of piperazine rings is 1. The minimum absolute atomic E-state index is 0.174. The zero-order valence-corrected chi connectivity index (χ0v) is 18.5. The molecule has 0 saturated carbocycles. The number of carbonyl (C=O) groups excluding carboxylic acids is 1. The van der Waals surface area contributed by atoms with E-state index in [0.29, 0.717) is 44.0 Å². The molecule has 0 aliphatic carbocycles. The normalized spacial score (nSPS) is 17.2. The number of sulfonamides is 1. The van der Waals surface area contributed by atoms with Gasteiger partial charge in [0.15, 0.2) is 0 Å². The summed E-state index contributed by atoms with van der Waals surface area (Å²) in [4.78, 5) is 16.2. The van der Waals surface area contributed by atoms with Crippen molar-refractivity contribution in [2.75, 3.05) is 49.6 Å². The Balaban J connectivity index is 1.50. The van der Waals surface area contributed by atoms with Crippen LogP contribution < -0.4 is 15.1 Å². The van der Waals surface area contributed by atoms with Gasteiger partial charge in [0.1, 0.15) is 0 Å². The third-order valence-corrected chi connectivity index (χ3v) is 7.88. The summed E-state index contributed by atoms with van der Waals surface area (Å²) >= 11 is 0. The first-order valence-electron chi connectivity index (χ1n) is 10.3. The highest BCUT2D eigenvalue weighted by molar-refractivity contribution is 7.89. The topological polar surface area (TPSA) is 73.0 Å². The Morgan fingerprint density at radius 1 is 0.933 bits per heavy atom. The van der Waals surface area contributed by atoms with Crippen LogP contribution in [0.25, 0.3) is 0 Å². The molecule has 2 amide bonds. The number of amides is 2. The lowest BCUT2D eigenvalue weighted by Crippen LogP contribution is -2.48. The highest BCUT2D eigenvalue weighted by Crippen LogP contribution is 2.32. The number of aryl methyl sites for hydroxylation is 2. The highest BCUT2D eigenvalue weighted by Gasteiger charge is 2.31. The van der Waals surface area contributed by atoms with Crippen LogP contribution in [0.3, 0.4) is 0 Å². The lowest BCUT2D eigenvalue weighted by Gasteiger charge is -2.36. The summed E-state index contributed by atoms with van der Waals surface area (Å²) < 4.78 is 28.0. The van der Waals surface area contributed by atoms with Crippen LogP contribution in [0.5, 0.6) is 0 Å². The second kappa shape index (κ2) is 7.92. The zero-order valence-electron chi connectivity index (χ0n) is 17.7. The number of urea groups is 1. The molecular weight excluding hydrogens is 400 g/mol. The number of hydrogen-bond acceptors (Lipinski definition) is 4. The van der Waals surface area contributed by atoms with E-state index >= 15 is 0 Å². The van der Waals surface area contributed by atoms with Gasteiger partial charge in [-0.1, -0.05) is 12.1 Å². The van der Waals surface area contributed by atoms with Crippen molar-refractivity contribution < 1.29 is 13.2 Å². The maximum Gasteiger partial charge on any atom is 0.321 e. The number of fused-ring (bicyclic) bond motifs is 1. The number of benzene rings is 2. The first-order valence-corrected chi connectivity index (χ1v) is 11.7. The Kier molecular flexibility index (Phi) is 5.46. The Hall–Kier alpha value is -2.58. The van der Waals surface area contributed by atoms with E-state index in [2.05, 4.69) is 42.3 Å². The Morgan fingerprint density at radius 3 is 2.37 bits per heavy atom. The molecule has 2 aliphatic heterocycles. The van der Waals surface area contributed by atoms with Crippen LogP contribution in [0.4, 0.5) is 16.2 Å². The molecular formula is C22H28N4O3S. The van der Waals surface area contributed by atoms with Crippen LogP contribution in [0.15, 0.2) is 41.3 Å². The molecule has 4 rings (SSSR count). The van der Waals surface area contributed by atoms with Crippen molar-refractivity contribution in [1.82, 2.24) is 9.62 Å². The summed E-state index contributed by atoms with van der Waals surface area (Å²) in [7, 11) is -1.97. The average Bonchev–Trinajstić information content (AvgIpc) is 3.18. The Morgan fingerprint density at radius 2 is 1.67 bits per heavy atom. The third kappa shape index (κ3) is 3.65. The van der Waals surface area contributed by atoms with E-state index < -0.39 is 10.0 Å². The molecule has 0 atom stereocenters. The minimum atomic E-state index is -3.56. The molecule has 160 valence electrons. The Labute approximate surface area is 178 Å². The summed E-state index contributed by atoms with van der Waals surface area (Å²) in [6.45, 7) is 6.96. The molecule has 1 fully saturated rings.